The lowest BCUT2D eigenvalue weighted by atomic mass is 9.97. The second kappa shape index (κ2) is 5.09. The topological polar surface area (TPSA) is 23.5 Å². The number of rotatable bonds is 2. The summed E-state index contributed by atoms with van der Waals surface area (Å²) in [6, 6.07) is 6.95. The number of aromatic hydroxyl groups is 1. The lowest BCUT2D eigenvalue weighted by Gasteiger charge is -2.38. The van der Waals surface area contributed by atoms with Gasteiger partial charge in [0.25, 0.3) is 0 Å². The molecule has 2 nitrogen and oxygen atoms in total. The van der Waals surface area contributed by atoms with Crippen LogP contribution in [0.5, 0.6) is 5.75 Å². The number of hydrogen-bond donors (Lipinski definition) is 1. The van der Waals surface area contributed by atoms with Crippen molar-refractivity contribution < 1.29 is 5.11 Å². The number of benzene rings is 1. The molecule has 2 unspecified atom stereocenters. The van der Waals surface area contributed by atoms with E-state index in [-0.39, 0.29) is 0 Å². The lowest BCUT2D eigenvalue weighted by Crippen LogP contribution is -2.39. The molecule has 1 aliphatic rings. The van der Waals surface area contributed by atoms with Crippen LogP contribution < -0.4 is 0 Å². The van der Waals surface area contributed by atoms with E-state index in [1.54, 1.807) is 0 Å². The van der Waals surface area contributed by atoms with Crippen LogP contribution >= 0.6 is 0 Å². The summed E-state index contributed by atoms with van der Waals surface area (Å²) in [6.07, 6.45) is 3.89. The summed E-state index contributed by atoms with van der Waals surface area (Å²) in [5.41, 5.74) is 2.18. The molecule has 1 aromatic rings. The maximum Gasteiger partial charge on any atom is 0.120 e. The molecular weight excluding hydrogens is 210 g/mol. The molecule has 0 spiro atoms. The van der Waals surface area contributed by atoms with Crippen LogP contribution in [-0.2, 0) is 0 Å². The average molecular weight is 233 g/mol. The minimum Gasteiger partial charge on any atom is -0.508 e. The Bertz CT molecular complexity index is 389. The Morgan fingerprint density at radius 3 is 2.76 bits per heavy atom. The molecule has 1 saturated heterocycles. The SMILES string of the molecule is Cc1ccc(C(C)N2CCCCC2C)c(O)c1. The first-order chi connectivity index (χ1) is 8.09. The van der Waals surface area contributed by atoms with E-state index in [9.17, 15) is 5.11 Å². The number of phenols is 1. The number of nitrogens with zero attached hydrogens (tertiary/aromatic N) is 1. The predicted octanol–water partition coefficient (Wildman–Crippen LogP) is 3.64. The van der Waals surface area contributed by atoms with Gasteiger partial charge in [0.05, 0.1) is 0 Å². The fourth-order valence-corrected chi connectivity index (χ4v) is 2.88. The van der Waals surface area contributed by atoms with Crippen molar-refractivity contribution in [3.8, 4) is 5.75 Å². The van der Waals surface area contributed by atoms with Crippen LogP contribution in [0.3, 0.4) is 0 Å². The lowest BCUT2D eigenvalue weighted by molar-refractivity contribution is 0.113. The molecule has 2 heteroatoms. The molecule has 2 atom stereocenters. The van der Waals surface area contributed by atoms with E-state index in [4.69, 9.17) is 0 Å². The van der Waals surface area contributed by atoms with Gasteiger partial charge in [-0.1, -0.05) is 18.6 Å². The summed E-state index contributed by atoms with van der Waals surface area (Å²) in [4.78, 5) is 2.51. The molecule has 1 heterocycles. The number of likely N-dealkylation sites (tertiary alicyclic amines) is 1. The minimum absolute atomic E-state index is 0.311. The molecule has 0 aliphatic carbocycles. The van der Waals surface area contributed by atoms with Gasteiger partial charge < -0.3 is 5.11 Å². The molecule has 0 saturated carbocycles. The molecule has 0 aromatic heterocycles. The molecule has 94 valence electrons. The van der Waals surface area contributed by atoms with Gasteiger partial charge >= 0.3 is 0 Å². The minimum atomic E-state index is 0.311. The highest BCUT2D eigenvalue weighted by molar-refractivity contribution is 5.37. The first-order valence-electron chi connectivity index (χ1n) is 6.65. The van der Waals surface area contributed by atoms with Gasteiger partial charge in [-0.05, 0) is 51.8 Å². The molecule has 0 amide bonds. The molecule has 0 radical (unpaired) electrons. The van der Waals surface area contributed by atoms with Gasteiger partial charge in [-0.25, -0.2) is 0 Å². The summed E-state index contributed by atoms with van der Waals surface area (Å²) in [5, 5.41) is 10.1. The molecule has 2 rings (SSSR count). The Hall–Kier alpha value is -1.02. The number of hydrogen-bond acceptors (Lipinski definition) is 2. The van der Waals surface area contributed by atoms with E-state index in [1.807, 2.05) is 13.0 Å². The fraction of sp³-hybridized carbons (Fsp3) is 0.600. The first-order valence-corrected chi connectivity index (χ1v) is 6.65. The average Bonchev–Trinajstić information content (AvgIpc) is 2.29. The van der Waals surface area contributed by atoms with E-state index < -0.39 is 0 Å². The van der Waals surface area contributed by atoms with Gasteiger partial charge in [-0.2, -0.15) is 0 Å². The van der Waals surface area contributed by atoms with Crippen LogP contribution in [0, 0.1) is 6.92 Å². The Morgan fingerprint density at radius 1 is 1.35 bits per heavy atom. The number of phenolic OH excluding ortho intramolecular Hbond substituents is 1. The van der Waals surface area contributed by atoms with E-state index in [0.29, 0.717) is 17.8 Å². The van der Waals surface area contributed by atoms with Gasteiger partial charge in [0.1, 0.15) is 5.75 Å². The highest BCUT2D eigenvalue weighted by Crippen LogP contribution is 2.33. The zero-order valence-corrected chi connectivity index (χ0v) is 11.1. The third-order valence-electron chi connectivity index (χ3n) is 3.99. The van der Waals surface area contributed by atoms with Crippen LogP contribution in [0.2, 0.25) is 0 Å². The molecule has 0 bridgehead atoms. The normalized spacial score (nSPS) is 23.6. The van der Waals surface area contributed by atoms with E-state index >= 15 is 0 Å². The van der Waals surface area contributed by atoms with Crippen molar-refractivity contribution in [1.29, 1.82) is 0 Å². The van der Waals surface area contributed by atoms with Crippen molar-refractivity contribution >= 4 is 0 Å². The molecular formula is C15H23NO. The van der Waals surface area contributed by atoms with Crippen molar-refractivity contribution in [3.05, 3.63) is 29.3 Å². The highest BCUT2D eigenvalue weighted by Gasteiger charge is 2.25. The van der Waals surface area contributed by atoms with Crippen LogP contribution in [0.25, 0.3) is 0 Å². The third kappa shape index (κ3) is 2.63. The maximum absolute atomic E-state index is 10.1. The van der Waals surface area contributed by atoms with Crippen LogP contribution in [0.4, 0.5) is 0 Å². The standard InChI is InChI=1S/C15H23NO/c1-11-7-8-14(15(17)10-11)13(3)16-9-5-4-6-12(16)2/h7-8,10,12-13,17H,4-6,9H2,1-3H3. The summed E-state index contributed by atoms with van der Waals surface area (Å²) in [7, 11) is 0. The van der Waals surface area contributed by atoms with Crippen LogP contribution in [-0.4, -0.2) is 22.6 Å². The van der Waals surface area contributed by atoms with Gasteiger partial charge in [0.15, 0.2) is 0 Å². The van der Waals surface area contributed by atoms with Crippen molar-refractivity contribution in [3.63, 3.8) is 0 Å². The molecule has 1 aromatic carbocycles. The van der Waals surface area contributed by atoms with Crippen molar-refractivity contribution in [2.24, 2.45) is 0 Å². The molecule has 17 heavy (non-hydrogen) atoms. The maximum atomic E-state index is 10.1. The highest BCUT2D eigenvalue weighted by atomic mass is 16.3. The smallest absolute Gasteiger partial charge is 0.120 e. The summed E-state index contributed by atoms with van der Waals surface area (Å²) in [5.74, 6) is 0.440. The Kier molecular flexibility index (Phi) is 3.72. The fourth-order valence-electron chi connectivity index (χ4n) is 2.88. The largest absolute Gasteiger partial charge is 0.508 e. The Morgan fingerprint density at radius 2 is 2.12 bits per heavy atom. The van der Waals surface area contributed by atoms with E-state index in [0.717, 1.165) is 17.7 Å². The van der Waals surface area contributed by atoms with Gasteiger partial charge in [-0.15, -0.1) is 0 Å². The third-order valence-corrected chi connectivity index (χ3v) is 3.99. The van der Waals surface area contributed by atoms with Gasteiger partial charge in [-0.3, -0.25) is 4.90 Å². The number of piperidine rings is 1. The second-order valence-electron chi connectivity index (χ2n) is 5.32. The van der Waals surface area contributed by atoms with Crippen LogP contribution in [0.15, 0.2) is 18.2 Å². The Balaban J connectivity index is 2.20. The molecule has 1 fully saturated rings. The van der Waals surface area contributed by atoms with Crippen molar-refractivity contribution in [2.75, 3.05) is 6.54 Å². The monoisotopic (exact) mass is 233 g/mol. The Labute approximate surface area is 104 Å². The van der Waals surface area contributed by atoms with E-state index in [2.05, 4.69) is 30.9 Å². The quantitative estimate of drug-likeness (QED) is 0.843. The predicted molar refractivity (Wildman–Crippen MR) is 71.3 cm³/mol. The van der Waals surface area contributed by atoms with E-state index in [1.165, 1.54) is 19.3 Å². The van der Waals surface area contributed by atoms with Gasteiger partial charge in [0.2, 0.25) is 0 Å². The zero-order chi connectivity index (χ0) is 12.4. The van der Waals surface area contributed by atoms with Crippen molar-refractivity contribution in [2.45, 2.75) is 52.1 Å². The first kappa shape index (κ1) is 12.4. The summed E-state index contributed by atoms with van der Waals surface area (Å²) >= 11 is 0. The summed E-state index contributed by atoms with van der Waals surface area (Å²) < 4.78 is 0. The zero-order valence-electron chi connectivity index (χ0n) is 11.1. The second-order valence-corrected chi connectivity index (χ2v) is 5.32. The van der Waals surface area contributed by atoms with Crippen molar-refractivity contribution in [1.82, 2.24) is 4.90 Å². The number of aryl methyl sites for hydroxylation is 1. The molecule has 1 aliphatic heterocycles. The summed E-state index contributed by atoms with van der Waals surface area (Å²) in [6.45, 7) is 7.65. The van der Waals surface area contributed by atoms with Crippen LogP contribution in [0.1, 0.15) is 50.3 Å². The molecule has 1 N–H and O–H groups in total. The van der Waals surface area contributed by atoms with Gasteiger partial charge in [0, 0.05) is 17.6 Å².